The van der Waals surface area contributed by atoms with Crippen molar-refractivity contribution in [1.82, 2.24) is 10.2 Å². The Labute approximate surface area is 139 Å². The van der Waals surface area contributed by atoms with E-state index in [0.717, 1.165) is 37.4 Å². The molecule has 1 aromatic rings. The maximum Gasteiger partial charge on any atom is 0.219 e. The van der Waals surface area contributed by atoms with Crippen LogP contribution in [0.2, 0.25) is 0 Å². The molecule has 0 radical (unpaired) electrons. The van der Waals surface area contributed by atoms with Gasteiger partial charge in [0.05, 0.1) is 0 Å². The fraction of sp³-hybridized carbons (Fsp3) is 0.611. The van der Waals surface area contributed by atoms with Crippen LogP contribution in [-0.4, -0.2) is 42.7 Å². The highest BCUT2D eigenvalue weighted by molar-refractivity contribution is 7.98. The van der Waals surface area contributed by atoms with E-state index in [9.17, 15) is 4.79 Å². The Morgan fingerprint density at radius 3 is 2.64 bits per heavy atom. The lowest BCUT2D eigenvalue weighted by Gasteiger charge is -2.24. The number of hydrogen-bond acceptors (Lipinski definition) is 3. The Bertz CT molecular complexity index is 411. The van der Waals surface area contributed by atoms with Crippen LogP contribution in [0.3, 0.4) is 0 Å². The van der Waals surface area contributed by atoms with Gasteiger partial charge >= 0.3 is 0 Å². The summed E-state index contributed by atoms with van der Waals surface area (Å²) in [5.41, 5.74) is 1.38. The summed E-state index contributed by atoms with van der Waals surface area (Å²) < 4.78 is 0. The molecule has 0 fully saturated rings. The summed E-state index contributed by atoms with van der Waals surface area (Å²) in [5.74, 6) is 2.34. The first-order valence-corrected chi connectivity index (χ1v) is 9.40. The number of nitrogens with zero attached hydrogens (tertiary/aromatic N) is 1. The van der Waals surface area contributed by atoms with Gasteiger partial charge in [0.15, 0.2) is 0 Å². The van der Waals surface area contributed by atoms with E-state index in [1.807, 2.05) is 18.7 Å². The van der Waals surface area contributed by atoms with E-state index in [4.69, 9.17) is 0 Å². The van der Waals surface area contributed by atoms with Gasteiger partial charge in [-0.3, -0.25) is 4.79 Å². The number of hydrogen-bond donors (Lipinski definition) is 1. The van der Waals surface area contributed by atoms with Crippen molar-refractivity contribution < 1.29 is 4.79 Å². The normalized spacial score (nSPS) is 12.4. The van der Waals surface area contributed by atoms with Crippen LogP contribution in [0.5, 0.6) is 0 Å². The number of nitrogens with one attached hydrogen (secondary N) is 1. The zero-order valence-corrected chi connectivity index (χ0v) is 15.0. The number of benzene rings is 1. The standard InChI is InChI=1S/C18H30N2OS/c1-4-9-17(19-18(21)5-2)14-20(3)12-13-22-15-16-10-7-6-8-11-16/h6-8,10-11,17H,4-5,9,12-15H2,1-3H3,(H,19,21). The first-order chi connectivity index (χ1) is 10.7. The lowest BCUT2D eigenvalue weighted by atomic mass is 10.1. The SMILES string of the molecule is CCCC(CN(C)CCSCc1ccccc1)NC(=O)CC. The van der Waals surface area contributed by atoms with Gasteiger partial charge in [0, 0.05) is 37.1 Å². The Hall–Kier alpha value is -1.00. The molecule has 0 spiro atoms. The molecule has 0 heterocycles. The Kier molecular flexibility index (Phi) is 10.0. The highest BCUT2D eigenvalue weighted by Gasteiger charge is 2.12. The first-order valence-electron chi connectivity index (χ1n) is 8.25. The van der Waals surface area contributed by atoms with E-state index >= 15 is 0 Å². The highest BCUT2D eigenvalue weighted by atomic mass is 32.2. The van der Waals surface area contributed by atoms with Crippen LogP contribution in [0.25, 0.3) is 0 Å². The van der Waals surface area contributed by atoms with Crippen molar-refractivity contribution in [3.63, 3.8) is 0 Å². The molecule has 1 atom stereocenters. The largest absolute Gasteiger partial charge is 0.352 e. The van der Waals surface area contributed by atoms with Crippen molar-refractivity contribution in [3.05, 3.63) is 35.9 Å². The second-order valence-electron chi connectivity index (χ2n) is 5.71. The van der Waals surface area contributed by atoms with Gasteiger partial charge in [0.25, 0.3) is 0 Å². The predicted octanol–water partition coefficient (Wildman–Crippen LogP) is 3.55. The van der Waals surface area contributed by atoms with Crippen LogP contribution in [0.1, 0.15) is 38.7 Å². The van der Waals surface area contributed by atoms with Gasteiger partial charge in [-0.25, -0.2) is 0 Å². The maximum absolute atomic E-state index is 11.6. The van der Waals surface area contributed by atoms with Gasteiger partial charge in [-0.2, -0.15) is 11.8 Å². The molecule has 0 saturated carbocycles. The van der Waals surface area contributed by atoms with Crippen molar-refractivity contribution in [1.29, 1.82) is 0 Å². The number of likely N-dealkylation sites (N-methyl/N-ethyl adjacent to an activating group) is 1. The van der Waals surface area contributed by atoms with Crippen molar-refractivity contribution in [2.24, 2.45) is 0 Å². The third kappa shape index (κ3) is 8.44. The third-order valence-electron chi connectivity index (χ3n) is 3.58. The number of amides is 1. The summed E-state index contributed by atoms with van der Waals surface area (Å²) in [6.07, 6.45) is 2.72. The maximum atomic E-state index is 11.6. The Morgan fingerprint density at radius 1 is 1.27 bits per heavy atom. The quantitative estimate of drug-likeness (QED) is 0.632. The highest BCUT2D eigenvalue weighted by Crippen LogP contribution is 2.11. The molecule has 3 nitrogen and oxygen atoms in total. The average molecular weight is 323 g/mol. The predicted molar refractivity (Wildman–Crippen MR) is 97.2 cm³/mol. The summed E-state index contributed by atoms with van der Waals surface area (Å²) in [4.78, 5) is 13.9. The lowest BCUT2D eigenvalue weighted by molar-refractivity contribution is -0.121. The van der Waals surface area contributed by atoms with Crippen molar-refractivity contribution >= 4 is 17.7 Å². The third-order valence-corrected chi connectivity index (χ3v) is 4.59. The minimum absolute atomic E-state index is 0.158. The minimum atomic E-state index is 0.158. The fourth-order valence-corrected chi connectivity index (χ4v) is 3.35. The molecule has 0 aliphatic rings. The topological polar surface area (TPSA) is 32.3 Å². The number of thioether (sulfide) groups is 1. The van der Waals surface area contributed by atoms with Crippen molar-refractivity contribution in [3.8, 4) is 0 Å². The molecule has 1 N–H and O–H groups in total. The zero-order chi connectivity index (χ0) is 16.2. The van der Waals surface area contributed by atoms with Crippen molar-refractivity contribution in [2.75, 3.05) is 25.9 Å². The van der Waals surface area contributed by atoms with Gasteiger partial charge in [-0.05, 0) is 19.0 Å². The summed E-state index contributed by atoms with van der Waals surface area (Å²) >= 11 is 1.96. The molecule has 4 heteroatoms. The van der Waals surface area contributed by atoms with E-state index in [2.05, 4.69) is 54.5 Å². The van der Waals surface area contributed by atoms with E-state index in [1.165, 1.54) is 5.56 Å². The molecule has 0 saturated heterocycles. The molecule has 1 aromatic carbocycles. The second-order valence-corrected chi connectivity index (χ2v) is 6.81. The van der Waals surface area contributed by atoms with E-state index in [0.29, 0.717) is 6.42 Å². The number of carbonyl (C=O) groups is 1. The zero-order valence-electron chi connectivity index (χ0n) is 14.2. The van der Waals surface area contributed by atoms with Gasteiger partial charge < -0.3 is 10.2 Å². The van der Waals surface area contributed by atoms with Gasteiger partial charge in [0.2, 0.25) is 5.91 Å². The van der Waals surface area contributed by atoms with Crippen LogP contribution >= 0.6 is 11.8 Å². The van der Waals surface area contributed by atoms with Gasteiger partial charge in [-0.1, -0.05) is 50.6 Å². The molecule has 0 aromatic heterocycles. The van der Waals surface area contributed by atoms with E-state index in [-0.39, 0.29) is 11.9 Å². The van der Waals surface area contributed by atoms with Crippen LogP contribution in [0, 0.1) is 0 Å². The molecular weight excluding hydrogens is 292 g/mol. The lowest BCUT2D eigenvalue weighted by Crippen LogP contribution is -2.42. The smallest absolute Gasteiger partial charge is 0.219 e. The Balaban J connectivity index is 2.22. The summed E-state index contributed by atoms with van der Waals surface area (Å²) in [7, 11) is 2.14. The summed E-state index contributed by atoms with van der Waals surface area (Å²) in [6, 6.07) is 10.9. The molecule has 0 aliphatic heterocycles. The molecule has 0 aliphatic carbocycles. The summed E-state index contributed by atoms with van der Waals surface area (Å²) in [5, 5.41) is 3.13. The fourth-order valence-electron chi connectivity index (χ4n) is 2.34. The first kappa shape index (κ1) is 19.0. The minimum Gasteiger partial charge on any atom is -0.352 e. The molecule has 124 valence electrons. The monoisotopic (exact) mass is 322 g/mol. The van der Waals surface area contributed by atoms with Crippen LogP contribution < -0.4 is 5.32 Å². The molecular formula is C18H30N2OS. The molecule has 0 bridgehead atoms. The van der Waals surface area contributed by atoms with E-state index < -0.39 is 0 Å². The number of carbonyl (C=O) groups excluding carboxylic acids is 1. The van der Waals surface area contributed by atoms with Crippen LogP contribution in [0.4, 0.5) is 0 Å². The summed E-state index contributed by atoms with van der Waals surface area (Å²) in [6.45, 7) is 6.06. The van der Waals surface area contributed by atoms with Gasteiger partial charge in [-0.15, -0.1) is 0 Å². The molecule has 1 rings (SSSR count). The van der Waals surface area contributed by atoms with E-state index in [1.54, 1.807) is 0 Å². The molecule has 1 unspecified atom stereocenters. The van der Waals surface area contributed by atoms with Gasteiger partial charge in [0.1, 0.15) is 0 Å². The average Bonchev–Trinajstić information content (AvgIpc) is 2.52. The van der Waals surface area contributed by atoms with Crippen LogP contribution in [0.15, 0.2) is 30.3 Å². The van der Waals surface area contributed by atoms with Crippen LogP contribution in [-0.2, 0) is 10.5 Å². The van der Waals surface area contributed by atoms with Crippen molar-refractivity contribution in [2.45, 2.75) is 44.9 Å². The molecule has 1 amide bonds. The molecule has 22 heavy (non-hydrogen) atoms. The second kappa shape index (κ2) is 11.6. The number of rotatable bonds is 11. The Morgan fingerprint density at radius 2 is 2.00 bits per heavy atom.